The van der Waals surface area contributed by atoms with Gasteiger partial charge in [-0.3, -0.25) is 14.6 Å². The summed E-state index contributed by atoms with van der Waals surface area (Å²) in [5.74, 6) is -0.154. The van der Waals surface area contributed by atoms with Crippen LogP contribution in [0.25, 0.3) is 0 Å². The van der Waals surface area contributed by atoms with Gasteiger partial charge in [0.2, 0.25) is 0 Å². The van der Waals surface area contributed by atoms with Crippen molar-refractivity contribution in [2.45, 2.75) is 39.3 Å². The number of carbonyl (C=O) groups excluding carboxylic acids is 1. The van der Waals surface area contributed by atoms with Crippen molar-refractivity contribution >= 4 is 5.97 Å². The van der Waals surface area contributed by atoms with E-state index in [1.807, 2.05) is 20.8 Å². The summed E-state index contributed by atoms with van der Waals surface area (Å²) in [6, 6.07) is 2.14. The molecule has 0 radical (unpaired) electrons. The molecule has 5 heteroatoms. The van der Waals surface area contributed by atoms with Crippen LogP contribution >= 0.6 is 0 Å². The predicted molar refractivity (Wildman–Crippen MR) is 68.9 cm³/mol. The summed E-state index contributed by atoms with van der Waals surface area (Å²) in [5.41, 5.74) is 0. The molecule has 2 unspecified atom stereocenters. The van der Waals surface area contributed by atoms with Crippen molar-refractivity contribution in [1.82, 2.24) is 9.80 Å². The standard InChI is InChI=1S/C13H23N3O2/c1-4-12(10-14)16-8-6-15(7-9-16)11(3)13(17)18-5-2/h11-12H,4-9H2,1-3H3. The smallest absolute Gasteiger partial charge is 0.323 e. The molecule has 0 N–H and O–H groups in total. The molecule has 2 atom stereocenters. The Balaban J connectivity index is 2.44. The van der Waals surface area contributed by atoms with E-state index >= 15 is 0 Å². The van der Waals surface area contributed by atoms with Crippen LogP contribution in [0.1, 0.15) is 27.2 Å². The number of rotatable bonds is 5. The van der Waals surface area contributed by atoms with Crippen LogP contribution in [0.15, 0.2) is 0 Å². The van der Waals surface area contributed by atoms with Crippen molar-refractivity contribution in [2.24, 2.45) is 0 Å². The van der Waals surface area contributed by atoms with E-state index in [9.17, 15) is 4.79 Å². The number of hydrogen-bond donors (Lipinski definition) is 0. The lowest BCUT2D eigenvalue weighted by atomic mass is 10.1. The average Bonchev–Trinajstić information content (AvgIpc) is 2.40. The van der Waals surface area contributed by atoms with Crippen molar-refractivity contribution in [3.8, 4) is 6.07 Å². The number of carbonyl (C=O) groups is 1. The second-order valence-electron chi connectivity index (χ2n) is 4.55. The van der Waals surface area contributed by atoms with Crippen LogP contribution < -0.4 is 0 Å². The van der Waals surface area contributed by atoms with E-state index in [-0.39, 0.29) is 18.1 Å². The SMILES string of the molecule is CCOC(=O)C(C)N1CCN(C(C#N)CC)CC1. The fourth-order valence-corrected chi connectivity index (χ4v) is 2.28. The van der Waals surface area contributed by atoms with Gasteiger partial charge in [-0.05, 0) is 20.3 Å². The third-order valence-corrected chi connectivity index (χ3v) is 3.50. The van der Waals surface area contributed by atoms with Gasteiger partial charge in [0, 0.05) is 26.2 Å². The Bertz CT molecular complexity index is 306. The molecule has 1 aliphatic rings. The topological polar surface area (TPSA) is 56.6 Å². The van der Waals surface area contributed by atoms with Gasteiger partial charge in [0.25, 0.3) is 0 Å². The van der Waals surface area contributed by atoms with Crippen molar-refractivity contribution in [3.05, 3.63) is 0 Å². The van der Waals surface area contributed by atoms with Crippen LogP contribution in [0.3, 0.4) is 0 Å². The molecule has 1 rings (SSSR count). The zero-order valence-electron chi connectivity index (χ0n) is 11.6. The molecule has 0 spiro atoms. The van der Waals surface area contributed by atoms with Gasteiger partial charge in [0.1, 0.15) is 6.04 Å². The Hall–Kier alpha value is -1.12. The lowest BCUT2D eigenvalue weighted by molar-refractivity contribution is -0.149. The molecule has 0 saturated carbocycles. The number of piperazine rings is 1. The highest BCUT2D eigenvalue weighted by molar-refractivity contribution is 5.75. The zero-order chi connectivity index (χ0) is 13.5. The van der Waals surface area contributed by atoms with Gasteiger partial charge in [0.15, 0.2) is 0 Å². The highest BCUT2D eigenvalue weighted by Crippen LogP contribution is 2.11. The first-order valence-electron chi connectivity index (χ1n) is 6.68. The summed E-state index contributed by atoms with van der Waals surface area (Å²) >= 11 is 0. The minimum atomic E-state index is -0.186. The van der Waals surface area contributed by atoms with E-state index in [4.69, 9.17) is 10.00 Å². The first-order valence-corrected chi connectivity index (χ1v) is 6.68. The molecule has 5 nitrogen and oxygen atoms in total. The first kappa shape index (κ1) is 14.9. The Morgan fingerprint density at radius 1 is 1.28 bits per heavy atom. The molecule has 18 heavy (non-hydrogen) atoms. The van der Waals surface area contributed by atoms with Gasteiger partial charge in [-0.2, -0.15) is 5.26 Å². The van der Waals surface area contributed by atoms with Crippen molar-refractivity contribution < 1.29 is 9.53 Å². The molecule has 1 aliphatic heterocycles. The minimum Gasteiger partial charge on any atom is -0.465 e. The summed E-state index contributed by atoms with van der Waals surface area (Å²) in [5, 5.41) is 9.03. The van der Waals surface area contributed by atoms with Crippen LogP contribution in [0.2, 0.25) is 0 Å². The van der Waals surface area contributed by atoms with Gasteiger partial charge < -0.3 is 4.74 Å². The normalized spacial score (nSPS) is 21.0. The number of esters is 1. The Morgan fingerprint density at radius 2 is 1.83 bits per heavy atom. The molecule has 0 aromatic rings. The molecule has 0 aliphatic carbocycles. The number of ether oxygens (including phenoxy) is 1. The van der Waals surface area contributed by atoms with Crippen molar-refractivity contribution in [3.63, 3.8) is 0 Å². The molecule has 1 saturated heterocycles. The lowest BCUT2D eigenvalue weighted by Crippen LogP contribution is -2.54. The lowest BCUT2D eigenvalue weighted by Gasteiger charge is -2.38. The van der Waals surface area contributed by atoms with Gasteiger partial charge in [-0.15, -0.1) is 0 Å². The highest BCUT2D eigenvalue weighted by Gasteiger charge is 2.28. The van der Waals surface area contributed by atoms with Crippen LogP contribution in [-0.2, 0) is 9.53 Å². The summed E-state index contributed by atoms with van der Waals surface area (Å²) in [6.07, 6.45) is 0.851. The molecule has 0 aromatic carbocycles. The van der Waals surface area contributed by atoms with E-state index in [1.54, 1.807) is 0 Å². The van der Waals surface area contributed by atoms with Gasteiger partial charge in [-0.1, -0.05) is 6.92 Å². The fraction of sp³-hybridized carbons (Fsp3) is 0.846. The summed E-state index contributed by atoms with van der Waals surface area (Å²) < 4.78 is 5.03. The largest absolute Gasteiger partial charge is 0.465 e. The maximum absolute atomic E-state index is 11.6. The average molecular weight is 253 g/mol. The fourth-order valence-electron chi connectivity index (χ4n) is 2.28. The van der Waals surface area contributed by atoms with Crippen LogP contribution in [0.5, 0.6) is 0 Å². The Kier molecular flexibility index (Phi) is 6.10. The molecule has 1 fully saturated rings. The summed E-state index contributed by atoms with van der Waals surface area (Å²) in [7, 11) is 0. The molecular weight excluding hydrogens is 230 g/mol. The quantitative estimate of drug-likeness (QED) is 0.680. The maximum atomic E-state index is 11.6. The number of hydrogen-bond acceptors (Lipinski definition) is 5. The van der Waals surface area contributed by atoms with Crippen LogP contribution in [-0.4, -0.2) is 60.6 Å². The predicted octanol–water partition coefficient (Wildman–Crippen LogP) is 0.858. The van der Waals surface area contributed by atoms with Crippen LogP contribution in [0.4, 0.5) is 0 Å². The van der Waals surface area contributed by atoms with Gasteiger partial charge in [-0.25, -0.2) is 0 Å². The van der Waals surface area contributed by atoms with Gasteiger partial charge in [0.05, 0.1) is 18.7 Å². The van der Waals surface area contributed by atoms with Crippen molar-refractivity contribution in [1.29, 1.82) is 5.26 Å². The second kappa shape index (κ2) is 7.34. The van der Waals surface area contributed by atoms with Crippen LogP contribution in [0, 0.1) is 11.3 Å². The Labute approximate surface area is 109 Å². The first-order chi connectivity index (χ1) is 8.63. The van der Waals surface area contributed by atoms with E-state index in [2.05, 4.69) is 15.9 Å². The second-order valence-corrected chi connectivity index (χ2v) is 4.55. The van der Waals surface area contributed by atoms with Gasteiger partial charge >= 0.3 is 5.97 Å². The molecule has 1 heterocycles. The minimum absolute atomic E-state index is 0.00468. The highest BCUT2D eigenvalue weighted by atomic mass is 16.5. The molecule has 0 amide bonds. The van der Waals surface area contributed by atoms with E-state index in [1.165, 1.54) is 0 Å². The molecule has 0 aromatic heterocycles. The third kappa shape index (κ3) is 3.69. The monoisotopic (exact) mass is 253 g/mol. The molecular formula is C13H23N3O2. The third-order valence-electron chi connectivity index (χ3n) is 3.50. The summed E-state index contributed by atoms with van der Waals surface area (Å²) in [4.78, 5) is 16.0. The number of nitriles is 1. The zero-order valence-corrected chi connectivity index (χ0v) is 11.6. The van der Waals surface area contributed by atoms with E-state index in [0.717, 1.165) is 32.6 Å². The molecule has 0 bridgehead atoms. The van der Waals surface area contributed by atoms with Crippen molar-refractivity contribution in [2.75, 3.05) is 32.8 Å². The Morgan fingerprint density at radius 3 is 2.28 bits per heavy atom. The summed E-state index contributed by atoms with van der Waals surface area (Å²) in [6.45, 7) is 9.48. The molecule has 102 valence electrons. The van der Waals surface area contributed by atoms with E-state index in [0.29, 0.717) is 6.61 Å². The maximum Gasteiger partial charge on any atom is 0.323 e. The number of nitrogens with zero attached hydrogens (tertiary/aromatic N) is 3. The van der Waals surface area contributed by atoms with E-state index < -0.39 is 0 Å².